The zero-order valence-electron chi connectivity index (χ0n) is 14.8. The van der Waals surface area contributed by atoms with Crippen LogP contribution in [0.15, 0.2) is 34.5 Å². The second-order valence-corrected chi connectivity index (χ2v) is 9.21. The average Bonchev–Trinajstić information content (AvgIpc) is 3.38. The first kappa shape index (κ1) is 17.4. The topological polar surface area (TPSA) is 90.1 Å². The first-order chi connectivity index (χ1) is 12.4. The molecule has 2 aromatic heterocycles. The van der Waals surface area contributed by atoms with Crippen molar-refractivity contribution in [3.05, 3.63) is 40.8 Å². The van der Waals surface area contributed by atoms with Crippen LogP contribution in [0.5, 0.6) is 0 Å². The van der Waals surface area contributed by atoms with E-state index in [1.165, 1.54) is 21.4 Å². The van der Waals surface area contributed by atoms with Crippen molar-refractivity contribution in [3.63, 3.8) is 0 Å². The minimum absolute atomic E-state index is 0.00712. The summed E-state index contributed by atoms with van der Waals surface area (Å²) < 4.78 is 29.9. The second-order valence-electron chi connectivity index (χ2n) is 7.28. The molecule has 0 spiro atoms. The Morgan fingerprint density at radius 2 is 1.92 bits per heavy atom. The Kier molecular flexibility index (Phi) is 4.44. The van der Waals surface area contributed by atoms with Crippen molar-refractivity contribution in [3.8, 4) is 0 Å². The fourth-order valence-corrected chi connectivity index (χ4v) is 4.93. The molecule has 4 rings (SSSR count). The van der Waals surface area contributed by atoms with Gasteiger partial charge < -0.3 is 0 Å². The van der Waals surface area contributed by atoms with E-state index in [4.69, 9.17) is 0 Å². The number of hydrogen-bond donors (Lipinski definition) is 0. The van der Waals surface area contributed by atoms with Gasteiger partial charge in [-0.25, -0.2) is 13.4 Å². The van der Waals surface area contributed by atoms with Crippen LogP contribution in [0.3, 0.4) is 0 Å². The van der Waals surface area contributed by atoms with Gasteiger partial charge in [-0.05, 0) is 31.6 Å². The summed E-state index contributed by atoms with van der Waals surface area (Å²) in [6.07, 6.45) is 8.27. The molecule has 0 atom stereocenters. The molecule has 0 amide bonds. The van der Waals surface area contributed by atoms with Gasteiger partial charge in [-0.1, -0.05) is 0 Å². The maximum absolute atomic E-state index is 12.6. The lowest BCUT2D eigenvalue weighted by Gasteiger charge is -2.31. The number of hydrogen-bond acceptors (Lipinski definition) is 5. The minimum atomic E-state index is -3.48. The normalized spacial score (nSPS) is 19.7. The highest BCUT2D eigenvalue weighted by Crippen LogP contribution is 2.38. The summed E-state index contributed by atoms with van der Waals surface area (Å²) >= 11 is 0. The Balaban J connectivity index is 1.38. The van der Waals surface area contributed by atoms with Crippen LogP contribution in [0.25, 0.3) is 0 Å². The third-order valence-corrected chi connectivity index (χ3v) is 7.10. The van der Waals surface area contributed by atoms with Crippen molar-refractivity contribution in [1.82, 2.24) is 23.6 Å². The maximum Gasteiger partial charge on any atom is 0.253 e. The van der Waals surface area contributed by atoms with Crippen LogP contribution in [0.1, 0.15) is 37.3 Å². The third-order valence-electron chi connectivity index (χ3n) is 5.24. The molecular formula is C17H23N5O3S. The van der Waals surface area contributed by atoms with Crippen molar-refractivity contribution in [1.29, 1.82) is 0 Å². The molecule has 2 aliphatic rings. The zero-order valence-corrected chi connectivity index (χ0v) is 15.6. The Hall–Kier alpha value is -2.00. The standard InChI is InChI=1S/C17H23N5O3S/c1-20-11-15(9-19-20)26(24,25)22-6-4-13(5-7-22)10-21-12-18-16(8-17(21)23)14-2-3-14/h8-9,11-14H,2-7,10H2,1H3. The number of rotatable bonds is 5. The van der Waals surface area contributed by atoms with E-state index in [1.54, 1.807) is 24.0 Å². The lowest BCUT2D eigenvalue weighted by atomic mass is 9.98. The molecule has 0 aromatic carbocycles. The van der Waals surface area contributed by atoms with Crippen LogP contribution < -0.4 is 5.56 Å². The van der Waals surface area contributed by atoms with E-state index >= 15 is 0 Å². The van der Waals surface area contributed by atoms with Crippen molar-refractivity contribution in [2.24, 2.45) is 13.0 Å². The van der Waals surface area contributed by atoms with E-state index in [9.17, 15) is 13.2 Å². The van der Waals surface area contributed by atoms with Crippen LogP contribution >= 0.6 is 0 Å². The highest BCUT2D eigenvalue weighted by molar-refractivity contribution is 7.89. The first-order valence-corrected chi connectivity index (χ1v) is 10.4. The van der Waals surface area contributed by atoms with Gasteiger partial charge in [-0.2, -0.15) is 9.40 Å². The summed E-state index contributed by atoms with van der Waals surface area (Å²) in [5.74, 6) is 0.750. The van der Waals surface area contributed by atoms with Crippen LogP contribution in [-0.4, -0.2) is 45.1 Å². The summed E-state index contributed by atoms with van der Waals surface area (Å²) in [5.41, 5.74) is 0.899. The van der Waals surface area contributed by atoms with Gasteiger partial charge in [-0.15, -0.1) is 0 Å². The van der Waals surface area contributed by atoms with E-state index in [2.05, 4.69) is 10.1 Å². The molecule has 1 aliphatic heterocycles. The summed E-state index contributed by atoms with van der Waals surface area (Å²) in [4.78, 5) is 16.9. The molecule has 2 fully saturated rings. The van der Waals surface area contributed by atoms with Crippen LogP contribution in [0, 0.1) is 5.92 Å². The second kappa shape index (κ2) is 6.62. The Morgan fingerprint density at radius 3 is 2.50 bits per heavy atom. The fraction of sp³-hybridized carbons (Fsp3) is 0.588. The summed E-state index contributed by atoms with van der Waals surface area (Å²) in [7, 11) is -1.78. The molecule has 2 aromatic rings. The van der Waals surface area contributed by atoms with E-state index in [0.29, 0.717) is 25.6 Å². The number of nitrogens with zero attached hydrogens (tertiary/aromatic N) is 5. The maximum atomic E-state index is 12.6. The van der Waals surface area contributed by atoms with Gasteiger partial charge >= 0.3 is 0 Å². The monoisotopic (exact) mass is 377 g/mol. The van der Waals surface area contributed by atoms with Crippen molar-refractivity contribution < 1.29 is 8.42 Å². The lowest BCUT2D eigenvalue weighted by molar-refractivity contribution is 0.250. The lowest BCUT2D eigenvalue weighted by Crippen LogP contribution is -2.40. The quantitative estimate of drug-likeness (QED) is 0.774. The van der Waals surface area contributed by atoms with Crippen LogP contribution in [0.2, 0.25) is 0 Å². The average molecular weight is 377 g/mol. The number of aromatic nitrogens is 4. The Labute approximate surface area is 152 Å². The molecule has 1 saturated carbocycles. The number of piperidine rings is 1. The van der Waals surface area contributed by atoms with Gasteiger partial charge in [-0.3, -0.25) is 14.0 Å². The fourth-order valence-electron chi connectivity index (χ4n) is 3.47. The number of sulfonamides is 1. The highest BCUT2D eigenvalue weighted by Gasteiger charge is 2.31. The van der Waals surface area contributed by atoms with Gasteiger partial charge in [0, 0.05) is 44.9 Å². The Bertz CT molecular complexity index is 953. The summed E-state index contributed by atoms with van der Waals surface area (Å²) in [6.45, 7) is 1.52. The molecule has 0 N–H and O–H groups in total. The van der Waals surface area contributed by atoms with E-state index in [0.717, 1.165) is 31.4 Å². The molecule has 0 radical (unpaired) electrons. The van der Waals surface area contributed by atoms with Gasteiger partial charge in [0.1, 0.15) is 4.90 Å². The molecule has 8 nitrogen and oxygen atoms in total. The largest absolute Gasteiger partial charge is 0.299 e. The summed E-state index contributed by atoms with van der Waals surface area (Å²) in [5, 5.41) is 3.95. The molecule has 0 unspecified atom stereocenters. The first-order valence-electron chi connectivity index (χ1n) is 8.98. The van der Waals surface area contributed by atoms with Crippen LogP contribution in [0.4, 0.5) is 0 Å². The van der Waals surface area contributed by atoms with Gasteiger partial charge in [0.25, 0.3) is 5.56 Å². The van der Waals surface area contributed by atoms with Gasteiger partial charge in [0.15, 0.2) is 0 Å². The van der Waals surface area contributed by atoms with E-state index < -0.39 is 10.0 Å². The van der Waals surface area contributed by atoms with Gasteiger partial charge in [0.05, 0.1) is 18.2 Å². The minimum Gasteiger partial charge on any atom is -0.299 e. The molecular weight excluding hydrogens is 354 g/mol. The number of aryl methyl sites for hydroxylation is 1. The SMILES string of the molecule is Cn1cc(S(=O)(=O)N2CCC(Cn3cnc(C4CC4)cc3=O)CC2)cn1. The predicted octanol–water partition coefficient (Wildman–Crippen LogP) is 0.955. The van der Waals surface area contributed by atoms with Crippen molar-refractivity contribution >= 4 is 10.0 Å². The molecule has 140 valence electrons. The highest BCUT2D eigenvalue weighted by atomic mass is 32.2. The predicted molar refractivity (Wildman–Crippen MR) is 95.2 cm³/mol. The smallest absolute Gasteiger partial charge is 0.253 e. The van der Waals surface area contributed by atoms with Gasteiger partial charge in [0.2, 0.25) is 10.0 Å². The molecule has 9 heteroatoms. The van der Waals surface area contributed by atoms with Crippen LogP contribution in [-0.2, 0) is 23.6 Å². The molecule has 1 aliphatic carbocycles. The molecule has 0 bridgehead atoms. The molecule has 3 heterocycles. The zero-order chi connectivity index (χ0) is 18.3. The molecule has 26 heavy (non-hydrogen) atoms. The van der Waals surface area contributed by atoms with Crippen molar-refractivity contribution in [2.45, 2.75) is 43.0 Å². The summed E-state index contributed by atoms with van der Waals surface area (Å²) in [6, 6.07) is 1.65. The third kappa shape index (κ3) is 3.45. The Morgan fingerprint density at radius 1 is 1.19 bits per heavy atom. The van der Waals surface area contributed by atoms with Crippen molar-refractivity contribution in [2.75, 3.05) is 13.1 Å². The van der Waals surface area contributed by atoms with E-state index in [1.807, 2.05) is 0 Å². The van der Waals surface area contributed by atoms with E-state index in [-0.39, 0.29) is 16.4 Å². The molecule has 1 saturated heterocycles.